The van der Waals surface area contributed by atoms with Gasteiger partial charge in [0.2, 0.25) is 0 Å². The third-order valence-electron chi connectivity index (χ3n) is 4.50. The van der Waals surface area contributed by atoms with E-state index in [-0.39, 0.29) is 0 Å². The third-order valence-corrected chi connectivity index (χ3v) is 4.50. The molecule has 0 aliphatic carbocycles. The Kier molecular flexibility index (Phi) is 3.18. The molecule has 0 atom stereocenters. The van der Waals surface area contributed by atoms with Crippen molar-refractivity contribution >= 4 is 45.1 Å². The molecule has 26 heavy (non-hydrogen) atoms. The fourth-order valence-electron chi connectivity index (χ4n) is 3.21. The Hall–Kier alpha value is -3.74. The van der Waals surface area contributed by atoms with Crippen LogP contribution in [0.1, 0.15) is 5.56 Å². The molecular formula is C19H15N7. The number of fused-ring (bicyclic) bond motifs is 4. The summed E-state index contributed by atoms with van der Waals surface area (Å²) in [4.78, 5) is 7.77. The first-order chi connectivity index (χ1) is 12.8. The van der Waals surface area contributed by atoms with Gasteiger partial charge in [-0.1, -0.05) is 36.4 Å². The Morgan fingerprint density at radius 2 is 1.85 bits per heavy atom. The molecule has 0 radical (unpaired) electrons. The van der Waals surface area contributed by atoms with Crippen molar-refractivity contribution < 1.29 is 0 Å². The maximum Gasteiger partial charge on any atom is 0.265 e. The second-order valence-corrected chi connectivity index (χ2v) is 6.04. The largest absolute Gasteiger partial charge is 0.361 e. The molecule has 0 saturated carbocycles. The number of nitrogens with one attached hydrogen (secondary N) is 2. The van der Waals surface area contributed by atoms with E-state index in [0.717, 1.165) is 38.5 Å². The number of hydrazone groups is 1. The van der Waals surface area contributed by atoms with Crippen LogP contribution < -0.4 is 5.43 Å². The Balaban J connectivity index is 1.48. The van der Waals surface area contributed by atoms with Crippen LogP contribution in [0.4, 0.5) is 5.95 Å². The van der Waals surface area contributed by atoms with E-state index in [1.54, 1.807) is 6.21 Å². The van der Waals surface area contributed by atoms with Gasteiger partial charge in [0.25, 0.3) is 5.95 Å². The van der Waals surface area contributed by atoms with Crippen LogP contribution in [-0.2, 0) is 7.05 Å². The smallest absolute Gasteiger partial charge is 0.265 e. The van der Waals surface area contributed by atoms with E-state index in [9.17, 15) is 0 Å². The molecule has 2 N–H and O–H groups in total. The summed E-state index contributed by atoms with van der Waals surface area (Å²) in [7, 11) is 1.97. The molecule has 5 aromatic rings. The Labute approximate surface area is 148 Å². The normalized spacial score (nSPS) is 11.9. The molecule has 0 unspecified atom stereocenters. The third kappa shape index (κ3) is 2.21. The van der Waals surface area contributed by atoms with Gasteiger partial charge in [0.1, 0.15) is 5.52 Å². The highest BCUT2D eigenvalue weighted by atomic mass is 15.4. The number of benzene rings is 2. The zero-order valence-corrected chi connectivity index (χ0v) is 14.0. The van der Waals surface area contributed by atoms with Gasteiger partial charge in [-0.25, -0.2) is 5.43 Å². The summed E-state index contributed by atoms with van der Waals surface area (Å²) in [5, 5.41) is 14.9. The van der Waals surface area contributed by atoms with Crippen LogP contribution in [-0.4, -0.2) is 30.9 Å². The van der Waals surface area contributed by atoms with Crippen LogP contribution in [0.2, 0.25) is 0 Å². The van der Waals surface area contributed by atoms with Gasteiger partial charge in [-0.3, -0.25) is 0 Å². The average molecular weight is 341 g/mol. The quantitative estimate of drug-likeness (QED) is 0.389. The van der Waals surface area contributed by atoms with Crippen LogP contribution in [0.15, 0.2) is 59.8 Å². The fourth-order valence-corrected chi connectivity index (χ4v) is 3.21. The van der Waals surface area contributed by atoms with E-state index in [2.05, 4.69) is 30.7 Å². The zero-order chi connectivity index (χ0) is 17.5. The number of nitrogens with zero attached hydrogens (tertiary/aromatic N) is 5. The highest BCUT2D eigenvalue weighted by molar-refractivity contribution is 6.04. The van der Waals surface area contributed by atoms with Gasteiger partial charge in [0.15, 0.2) is 5.65 Å². The van der Waals surface area contributed by atoms with Gasteiger partial charge in [0, 0.05) is 35.1 Å². The van der Waals surface area contributed by atoms with Crippen molar-refractivity contribution in [2.45, 2.75) is 0 Å². The summed E-state index contributed by atoms with van der Waals surface area (Å²) in [6.07, 6.45) is 3.66. The van der Waals surface area contributed by atoms with Gasteiger partial charge in [-0.15, -0.1) is 10.2 Å². The lowest BCUT2D eigenvalue weighted by Gasteiger charge is -1.99. The van der Waals surface area contributed by atoms with Gasteiger partial charge in [-0.2, -0.15) is 10.1 Å². The van der Waals surface area contributed by atoms with E-state index in [4.69, 9.17) is 0 Å². The minimum absolute atomic E-state index is 0.361. The predicted molar refractivity (Wildman–Crippen MR) is 103 cm³/mol. The first-order valence-corrected chi connectivity index (χ1v) is 8.24. The molecule has 0 amide bonds. The highest BCUT2D eigenvalue weighted by Crippen LogP contribution is 2.24. The molecule has 7 nitrogen and oxygen atoms in total. The standard InChI is InChI=1S/C19H15N7/c1-26-16-9-5-3-7-14(16)17-18(26)22-19(25-23-17)24-21-11-12-10-20-15-8-4-2-6-13(12)15/h2-11,20H,1H3,(H,22,24,25)/b21-11+. The van der Waals surface area contributed by atoms with Gasteiger partial charge in [0.05, 0.1) is 11.7 Å². The molecule has 0 fully saturated rings. The number of H-pyrrole nitrogens is 1. The Bertz CT molecular complexity index is 1280. The van der Waals surface area contributed by atoms with Crippen molar-refractivity contribution in [3.05, 3.63) is 60.3 Å². The maximum absolute atomic E-state index is 4.55. The molecule has 2 aromatic carbocycles. The van der Waals surface area contributed by atoms with Crippen LogP contribution in [0.5, 0.6) is 0 Å². The Morgan fingerprint density at radius 1 is 1.04 bits per heavy atom. The lowest BCUT2D eigenvalue weighted by atomic mass is 10.2. The number of aromatic amines is 1. The molecule has 7 heteroatoms. The van der Waals surface area contributed by atoms with E-state index in [1.807, 2.05) is 66.3 Å². The number of para-hydroxylation sites is 2. The van der Waals surface area contributed by atoms with Gasteiger partial charge < -0.3 is 9.55 Å². The number of hydrogen-bond acceptors (Lipinski definition) is 5. The van der Waals surface area contributed by atoms with Crippen LogP contribution in [0.25, 0.3) is 33.0 Å². The summed E-state index contributed by atoms with van der Waals surface area (Å²) < 4.78 is 2.01. The zero-order valence-electron chi connectivity index (χ0n) is 14.0. The molecule has 0 aliphatic heterocycles. The molecular weight excluding hydrogens is 326 g/mol. The molecule has 0 saturated heterocycles. The fraction of sp³-hybridized carbons (Fsp3) is 0.0526. The lowest BCUT2D eigenvalue weighted by molar-refractivity contribution is 0.949. The SMILES string of the molecule is Cn1c2ccccc2c2nnc(N/N=C/c3c[nH]c4ccccc34)nc21. The first-order valence-electron chi connectivity index (χ1n) is 8.24. The van der Waals surface area contributed by atoms with Gasteiger partial charge >= 0.3 is 0 Å². The van der Waals surface area contributed by atoms with Crippen molar-refractivity contribution in [2.75, 3.05) is 5.43 Å². The maximum atomic E-state index is 4.55. The second kappa shape index (κ2) is 5.66. The monoisotopic (exact) mass is 341 g/mol. The predicted octanol–water partition coefficient (Wildman–Crippen LogP) is 3.44. The number of aryl methyl sites for hydroxylation is 1. The van der Waals surface area contributed by atoms with Crippen LogP contribution >= 0.6 is 0 Å². The summed E-state index contributed by atoms with van der Waals surface area (Å²) in [6.45, 7) is 0. The average Bonchev–Trinajstić information content (AvgIpc) is 3.22. The summed E-state index contributed by atoms with van der Waals surface area (Å²) in [6, 6.07) is 16.1. The number of anilines is 1. The van der Waals surface area contributed by atoms with Crippen molar-refractivity contribution in [3.8, 4) is 0 Å². The number of aromatic nitrogens is 5. The van der Waals surface area contributed by atoms with Crippen LogP contribution in [0.3, 0.4) is 0 Å². The highest BCUT2D eigenvalue weighted by Gasteiger charge is 2.11. The minimum Gasteiger partial charge on any atom is -0.361 e. The van der Waals surface area contributed by atoms with Crippen molar-refractivity contribution in [2.24, 2.45) is 12.1 Å². The molecule has 3 aromatic heterocycles. The van der Waals surface area contributed by atoms with Gasteiger partial charge in [-0.05, 0) is 12.1 Å². The molecule has 5 rings (SSSR count). The van der Waals surface area contributed by atoms with E-state index in [0.29, 0.717) is 5.95 Å². The minimum atomic E-state index is 0.361. The molecule has 3 heterocycles. The van der Waals surface area contributed by atoms with Crippen LogP contribution in [0, 0.1) is 0 Å². The number of hydrogen-bond donors (Lipinski definition) is 2. The first kappa shape index (κ1) is 14.6. The topological polar surface area (TPSA) is 83.8 Å². The summed E-state index contributed by atoms with van der Waals surface area (Å²) in [5.41, 5.74) is 7.56. The summed E-state index contributed by atoms with van der Waals surface area (Å²) in [5.74, 6) is 0.361. The number of rotatable bonds is 3. The van der Waals surface area contributed by atoms with Crippen molar-refractivity contribution in [3.63, 3.8) is 0 Å². The molecule has 126 valence electrons. The van der Waals surface area contributed by atoms with Crippen molar-refractivity contribution in [1.82, 2.24) is 24.7 Å². The van der Waals surface area contributed by atoms with E-state index < -0.39 is 0 Å². The molecule has 0 spiro atoms. The summed E-state index contributed by atoms with van der Waals surface area (Å²) >= 11 is 0. The second-order valence-electron chi connectivity index (χ2n) is 6.04. The van der Waals surface area contributed by atoms with Crippen molar-refractivity contribution in [1.29, 1.82) is 0 Å². The van der Waals surface area contributed by atoms with E-state index in [1.165, 1.54) is 0 Å². The lowest BCUT2D eigenvalue weighted by Crippen LogP contribution is -2.00. The molecule has 0 aliphatic rings. The molecule has 0 bridgehead atoms. The van der Waals surface area contributed by atoms with E-state index >= 15 is 0 Å². The Morgan fingerprint density at radius 3 is 2.77 bits per heavy atom.